The fourth-order valence-corrected chi connectivity index (χ4v) is 0.597. The Hall–Kier alpha value is -1.04. The lowest BCUT2D eigenvalue weighted by Gasteiger charge is -2.01. The Kier molecular flexibility index (Phi) is 5.45. The van der Waals surface area contributed by atoms with E-state index < -0.39 is 0 Å². The van der Waals surface area contributed by atoms with E-state index in [0.717, 1.165) is 12.8 Å². The van der Waals surface area contributed by atoms with Gasteiger partial charge in [0.25, 0.3) is 0 Å². The van der Waals surface area contributed by atoms with Gasteiger partial charge < -0.3 is 4.74 Å². The third kappa shape index (κ3) is 3.90. The molecule has 0 saturated carbocycles. The molecule has 0 bridgehead atoms. The number of hydrogen-bond acceptors (Lipinski definition) is 3. The van der Waals surface area contributed by atoms with Crippen molar-refractivity contribution in [1.29, 1.82) is 5.26 Å². The Labute approximate surface area is 61.3 Å². The summed E-state index contributed by atoms with van der Waals surface area (Å²) >= 11 is 0. The predicted octanol–water partition coefficient (Wildman–Crippen LogP) is 1.70. The van der Waals surface area contributed by atoms with Crippen LogP contribution in [0.3, 0.4) is 0 Å². The summed E-state index contributed by atoms with van der Waals surface area (Å²) in [5.74, 6) is 0.549. The van der Waals surface area contributed by atoms with Gasteiger partial charge in [-0.25, -0.2) is 0 Å². The van der Waals surface area contributed by atoms with Crippen LogP contribution < -0.4 is 0 Å². The molecule has 0 spiro atoms. The predicted molar refractivity (Wildman–Crippen MR) is 39.6 cm³/mol. The van der Waals surface area contributed by atoms with E-state index >= 15 is 0 Å². The van der Waals surface area contributed by atoms with E-state index in [1.807, 2.05) is 13.8 Å². The molecule has 0 fully saturated rings. The van der Waals surface area contributed by atoms with Crippen molar-refractivity contribution < 1.29 is 4.74 Å². The van der Waals surface area contributed by atoms with Crippen molar-refractivity contribution in [1.82, 2.24) is 0 Å². The molecule has 0 heterocycles. The monoisotopic (exact) mass is 140 g/mol. The number of nitrogens with zero attached hydrogens (tertiary/aromatic N) is 2. The first-order valence-electron chi connectivity index (χ1n) is 3.43. The molecule has 0 saturated heterocycles. The zero-order valence-electron chi connectivity index (χ0n) is 6.42. The average molecular weight is 140 g/mol. The highest BCUT2D eigenvalue weighted by Crippen LogP contribution is 1.93. The minimum atomic E-state index is 0.549. The van der Waals surface area contributed by atoms with Gasteiger partial charge in [0.1, 0.15) is 0 Å². The molecule has 3 heteroatoms. The van der Waals surface area contributed by atoms with Crippen molar-refractivity contribution in [3.8, 4) is 6.19 Å². The van der Waals surface area contributed by atoms with Crippen LogP contribution in [0.4, 0.5) is 0 Å². The Bertz CT molecular complexity index is 138. The standard InChI is InChI=1S/C7H12N2O/c1-3-5-7(9-6-8)10-4-2/h3-5H2,1-2H3. The van der Waals surface area contributed by atoms with Crippen molar-refractivity contribution in [3.63, 3.8) is 0 Å². The highest BCUT2D eigenvalue weighted by molar-refractivity contribution is 5.76. The van der Waals surface area contributed by atoms with Crippen LogP contribution in [-0.2, 0) is 4.74 Å². The van der Waals surface area contributed by atoms with E-state index in [-0.39, 0.29) is 0 Å². The Morgan fingerprint density at radius 2 is 2.30 bits per heavy atom. The lowest BCUT2D eigenvalue weighted by Crippen LogP contribution is -2.02. The lowest BCUT2D eigenvalue weighted by molar-refractivity contribution is 0.317. The second-order valence-corrected chi connectivity index (χ2v) is 1.79. The van der Waals surface area contributed by atoms with Crippen molar-refractivity contribution in [3.05, 3.63) is 0 Å². The van der Waals surface area contributed by atoms with Crippen LogP contribution in [0.25, 0.3) is 0 Å². The Morgan fingerprint density at radius 3 is 2.70 bits per heavy atom. The van der Waals surface area contributed by atoms with Gasteiger partial charge in [0, 0.05) is 6.42 Å². The molecule has 3 nitrogen and oxygen atoms in total. The summed E-state index contributed by atoms with van der Waals surface area (Å²) in [6, 6.07) is 0. The van der Waals surface area contributed by atoms with Crippen LogP contribution in [0.5, 0.6) is 0 Å². The normalized spacial score (nSPS) is 10.7. The summed E-state index contributed by atoms with van der Waals surface area (Å²) in [5.41, 5.74) is 0. The summed E-state index contributed by atoms with van der Waals surface area (Å²) in [6.07, 6.45) is 3.41. The van der Waals surface area contributed by atoms with E-state index in [1.54, 1.807) is 6.19 Å². The van der Waals surface area contributed by atoms with Crippen molar-refractivity contribution >= 4 is 5.90 Å². The molecule has 0 aliphatic heterocycles. The van der Waals surface area contributed by atoms with Gasteiger partial charge >= 0.3 is 0 Å². The Morgan fingerprint density at radius 1 is 1.60 bits per heavy atom. The van der Waals surface area contributed by atoms with Crippen LogP contribution >= 0.6 is 0 Å². The third-order valence-corrected chi connectivity index (χ3v) is 0.950. The molecule has 0 atom stereocenters. The Balaban J connectivity index is 3.75. The molecule has 0 aromatic rings. The average Bonchev–Trinajstić information content (AvgIpc) is 1.90. The topological polar surface area (TPSA) is 45.4 Å². The first-order valence-corrected chi connectivity index (χ1v) is 3.43. The van der Waals surface area contributed by atoms with Gasteiger partial charge in [-0.3, -0.25) is 0 Å². The van der Waals surface area contributed by atoms with E-state index in [0.29, 0.717) is 12.5 Å². The number of nitriles is 1. The molecular formula is C7H12N2O. The SMILES string of the molecule is CCCC(=NC#N)OCC. The van der Waals surface area contributed by atoms with Crippen LogP contribution in [0.15, 0.2) is 4.99 Å². The highest BCUT2D eigenvalue weighted by atomic mass is 16.5. The van der Waals surface area contributed by atoms with Crippen molar-refractivity contribution in [2.75, 3.05) is 6.61 Å². The van der Waals surface area contributed by atoms with Gasteiger partial charge in [-0.2, -0.15) is 5.26 Å². The van der Waals surface area contributed by atoms with Crippen LogP contribution in [0.2, 0.25) is 0 Å². The maximum atomic E-state index is 8.17. The van der Waals surface area contributed by atoms with E-state index in [9.17, 15) is 0 Å². The molecule has 0 rings (SSSR count). The summed E-state index contributed by atoms with van der Waals surface area (Å²) in [7, 11) is 0. The second kappa shape index (κ2) is 6.09. The third-order valence-electron chi connectivity index (χ3n) is 0.950. The molecule has 0 N–H and O–H groups in total. The van der Waals surface area contributed by atoms with Crippen LogP contribution in [-0.4, -0.2) is 12.5 Å². The second-order valence-electron chi connectivity index (χ2n) is 1.79. The molecule has 10 heavy (non-hydrogen) atoms. The zero-order valence-corrected chi connectivity index (χ0v) is 6.42. The van der Waals surface area contributed by atoms with Crippen LogP contribution in [0.1, 0.15) is 26.7 Å². The number of hydrogen-bond donors (Lipinski definition) is 0. The lowest BCUT2D eigenvalue weighted by atomic mass is 10.3. The summed E-state index contributed by atoms with van der Waals surface area (Å²) < 4.78 is 5.05. The molecule has 0 amide bonds. The van der Waals surface area contributed by atoms with Crippen molar-refractivity contribution in [2.24, 2.45) is 4.99 Å². The zero-order chi connectivity index (χ0) is 7.82. The minimum absolute atomic E-state index is 0.549. The summed E-state index contributed by atoms with van der Waals surface area (Å²) in [5, 5.41) is 8.17. The van der Waals surface area contributed by atoms with E-state index in [4.69, 9.17) is 10.00 Å². The number of rotatable bonds is 3. The molecular weight excluding hydrogens is 128 g/mol. The first-order chi connectivity index (χ1) is 4.85. The van der Waals surface area contributed by atoms with Gasteiger partial charge in [0.2, 0.25) is 6.19 Å². The molecule has 0 aliphatic rings. The van der Waals surface area contributed by atoms with E-state index in [1.165, 1.54) is 0 Å². The molecule has 0 unspecified atom stereocenters. The summed E-state index contributed by atoms with van der Waals surface area (Å²) in [6.45, 7) is 4.48. The fraction of sp³-hybridized carbons (Fsp3) is 0.714. The first kappa shape index (κ1) is 8.96. The van der Waals surface area contributed by atoms with Gasteiger partial charge in [-0.05, 0) is 13.3 Å². The number of aliphatic imine (C=N–C) groups is 1. The highest BCUT2D eigenvalue weighted by Gasteiger charge is 1.95. The molecule has 0 aromatic heterocycles. The molecule has 0 aromatic carbocycles. The molecule has 0 radical (unpaired) electrons. The maximum absolute atomic E-state index is 8.17. The van der Waals surface area contributed by atoms with E-state index in [2.05, 4.69) is 4.99 Å². The van der Waals surface area contributed by atoms with Gasteiger partial charge in [0.05, 0.1) is 6.61 Å². The maximum Gasteiger partial charge on any atom is 0.208 e. The molecule has 0 aliphatic carbocycles. The molecule has 56 valence electrons. The van der Waals surface area contributed by atoms with Crippen LogP contribution in [0, 0.1) is 11.5 Å². The van der Waals surface area contributed by atoms with Gasteiger partial charge in [0.15, 0.2) is 5.90 Å². The van der Waals surface area contributed by atoms with Crippen molar-refractivity contribution in [2.45, 2.75) is 26.7 Å². The number of ether oxygens (including phenoxy) is 1. The largest absolute Gasteiger partial charge is 0.481 e. The minimum Gasteiger partial charge on any atom is -0.481 e. The quantitative estimate of drug-likeness (QED) is 0.340. The fourth-order valence-electron chi connectivity index (χ4n) is 0.597. The van der Waals surface area contributed by atoms with Gasteiger partial charge in [-0.15, -0.1) is 4.99 Å². The van der Waals surface area contributed by atoms with Gasteiger partial charge in [-0.1, -0.05) is 6.92 Å². The summed E-state index contributed by atoms with van der Waals surface area (Å²) in [4.78, 5) is 3.50. The smallest absolute Gasteiger partial charge is 0.208 e.